The molecule has 1 aromatic heterocycles. The van der Waals surface area contributed by atoms with E-state index in [0.717, 1.165) is 28.5 Å². The summed E-state index contributed by atoms with van der Waals surface area (Å²) in [6.45, 7) is 3.77. The number of nitrogens with one attached hydrogen (secondary N) is 1. The number of urea groups is 1. The molecule has 3 N–H and O–H groups in total. The number of aromatic nitrogens is 1. The average Bonchev–Trinajstić information content (AvgIpc) is 2.73. The lowest BCUT2D eigenvalue weighted by Gasteiger charge is -2.27. The molecular formula is C23H26F3N3O3. The number of aryl methyl sites for hydroxylation is 2. The molecule has 1 atom stereocenters. The highest BCUT2D eigenvalue weighted by molar-refractivity contribution is 5.90. The first-order chi connectivity index (χ1) is 15.1. The molecule has 0 aliphatic carbocycles. The van der Waals surface area contributed by atoms with Gasteiger partial charge in [-0.25, -0.2) is 4.79 Å². The van der Waals surface area contributed by atoms with Gasteiger partial charge in [0.05, 0.1) is 24.0 Å². The van der Waals surface area contributed by atoms with Gasteiger partial charge < -0.3 is 20.4 Å². The number of carbonyl (C=O) groups is 1. The number of anilines is 1. The third kappa shape index (κ3) is 5.66. The van der Waals surface area contributed by atoms with Gasteiger partial charge in [0.1, 0.15) is 0 Å². The first-order valence-electron chi connectivity index (χ1n) is 10.3. The lowest BCUT2D eigenvalue weighted by molar-refractivity contribution is -0.138. The van der Waals surface area contributed by atoms with E-state index < -0.39 is 17.8 Å². The fourth-order valence-electron chi connectivity index (χ4n) is 3.75. The summed E-state index contributed by atoms with van der Waals surface area (Å²) in [5.41, 5.74) is 3.24. The smallest absolute Gasteiger partial charge is 0.394 e. The normalized spacial score (nSPS) is 15.3. The largest absolute Gasteiger partial charge is 0.416 e. The third-order valence-corrected chi connectivity index (χ3v) is 5.40. The Morgan fingerprint density at radius 2 is 2.00 bits per heavy atom. The number of alkyl halides is 3. The van der Waals surface area contributed by atoms with E-state index in [2.05, 4.69) is 10.3 Å². The number of amides is 2. The molecule has 0 saturated carbocycles. The Kier molecular flexibility index (Phi) is 7.20. The molecule has 32 heavy (non-hydrogen) atoms. The maximum Gasteiger partial charge on any atom is 0.416 e. The summed E-state index contributed by atoms with van der Waals surface area (Å²) in [7, 11) is 0. The van der Waals surface area contributed by atoms with Crippen molar-refractivity contribution in [2.45, 2.75) is 39.0 Å². The minimum atomic E-state index is -4.43. The molecule has 2 amide bonds. The molecular weight excluding hydrogens is 423 g/mol. The van der Waals surface area contributed by atoms with Crippen molar-refractivity contribution in [2.75, 3.05) is 25.0 Å². The minimum Gasteiger partial charge on any atom is -0.394 e. The van der Waals surface area contributed by atoms with Crippen LogP contribution in [0.25, 0.3) is 5.57 Å². The number of aliphatic hydroxyl groups is 2. The Bertz CT molecular complexity index is 1020. The van der Waals surface area contributed by atoms with Crippen LogP contribution in [0, 0.1) is 13.8 Å². The maximum atomic E-state index is 12.9. The highest BCUT2D eigenvalue weighted by atomic mass is 19.4. The Labute approximate surface area is 184 Å². The summed E-state index contributed by atoms with van der Waals surface area (Å²) >= 11 is 0. The molecule has 0 unspecified atom stereocenters. The van der Waals surface area contributed by atoms with Crippen LogP contribution in [-0.2, 0) is 12.6 Å². The van der Waals surface area contributed by atoms with Crippen molar-refractivity contribution < 1.29 is 28.2 Å². The molecule has 0 saturated heterocycles. The molecule has 1 aliphatic rings. The van der Waals surface area contributed by atoms with Gasteiger partial charge in [-0.3, -0.25) is 4.98 Å². The molecule has 6 nitrogen and oxygen atoms in total. The Morgan fingerprint density at radius 3 is 2.56 bits per heavy atom. The van der Waals surface area contributed by atoms with Crippen molar-refractivity contribution >= 4 is 17.3 Å². The zero-order chi connectivity index (χ0) is 23.5. The number of hydrogen-bond acceptors (Lipinski definition) is 4. The summed E-state index contributed by atoms with van der Waals surface area (Å²) in [5.74, 6) is 0. The molecule has 0 radical (unpaired) electrons. The van der Waals surface area contributed by atoms with Crippen LogP contribution in [0.3, 0.4) is 0 Å². The topological polar surface area (TPSA) is 85.7 Å². The second-order valence-electron chi connectivity index (χ2n) is 7.93. The van der Waals surface area contributed by atoms with E-state index in [1.165, 1.54) is 19.1 Å². The number of aliphatic hydroxyl groups excluding tert-OH is 2. The first kappa shape index (κ1) is 23.7. The van der Waals surface area contributed by atoms with Gasteiger partial charge in [-0.15, -0.1) is 0 Å². The van der Waals surface area contributed by atoms with Crippen LogP contribution in [0.2, 0.25) is 0 Å². The second-order valence-corrected chi connectivity index (χ2v) is 7.93. The molecule has 0 fully saturated rings. The number of nitrogens with zero attached hydrogens (tertiary/aromatic N) is 2. The molecule has 0 bridgehead atoms. The van der Waals surface area contributed by atoms with Gasteiger partial charge in [0.25, 0.3) is 0 Å². The SMILES string of the molecule is Cc1cc(NC(=O)N2CC=C(c3ncc(C[C@@H](O)CO)cc3C)CC2)ccc1C(F)(F)F. The van der Waals surface area contributed by atoms with Gasteiger partial charge in [-0.1, -0.05) is 12.1 Å². The van der Waals surface area contributed by atoms with Crippen LogP contribution in [-0.4, -0.2) is 51.9 Å². The summed E-state index contributed by atoms with van der Waals surface area (Å²) in [5, 5.41) is 21.2. The highest BCUT2D eigenvalue weighted by Gasteiger charge is 2.32. The van der Waals surface area contributed by atoms with E-state index in [1.807, 2.05) is 19.1 Å². The van der Waals surface area contributed by atoms with Crippen molar-refractivity contribution in [3.8, 4) is 0 Å². The van der Waals surface area contributed by atoms with Crippen LogP contribution in [0.4, 0.5) is 23.7 Å². The quantitative estimate of drug-likeness (QED) is 0.646. The lowest BCUT2D eigenvalue weighted by atomic mass is 9.99. The van der Waals surface area contributed by atoms with Crippen molar-refractivity contribution in [3.63, 3.8) is 0 Å². The second kappa shape index (κ2) is 9.70. The van der Waals surface area contributed by atoms with Crippen LogP contribution in [0.15, 0.2) is 36.5 Å². The Hall–Kier alpha value is -2.91. The van der Waals surface area contributed by atoms with E-state index in [4.69, 9.17) is 5.11 Å². The van der Waals surface area contributed by atoms with Crippen molar-refractivity contribution in [1.29, 1.82) is 0 Å². The Morgan fingerprint density at radius 1 is 1.25 bits per heavy atom. The zero-order valence-electron chi connectivity index (χ0n) is 17.9. The summed E-state index contributed by atoms with van der Waals surface area (Å²) < 4.78 is 38.7. The molecule has 3 rings (SSSR count). The predicted octanol–water partition coefficient (Wildman–Crippen LogP) is 3.93. The molecule has 9 heteroatoms. The van der Waals surface area contributed by atoms with Crippen molar-refractivity contribution in [3.05, 3.63) is 64.5 Å². The lowest BCUT2D eigenvalue weighted by Crippen LogP contribution is -2.38. The first-order valence-corrected chi connectivity index (χ1v) is 10.3. The van der Waals surface area contributed by atoms with E-state index in [1.54, 1.807) is 11.1 Å². The number of hydrogen-bond donors (Lipinski definition) is 3. The molecule has 1 aromatic carbocycles. The van der Waals surface area contributed by atoms with Crippen LogP contribution >= 0.6 is 0 Å². The van der Waals surface area contributed by atoms with Gasteiger partial charge in [0, 0.05) is 31.4 Å². The van der Waals surface area contributed by atoms with Gasteiger partial charge in [0.2, 0.25) is 0 Å². The fraction of sp³-hybridized carbons (Fsp3) is 0.391. The van der Waals surface area contributed by atoms with Crippen molar-refractivity contribution in [2.24, 2.45) is 0 Å². The number of halogens is 3. The van der Waals surface area contributed by atoms with Gasteiger partial charge in [0.15, 0.2) is 0 Å². The zero-order valence-corrected chi connectivity index (χ0v) is 17.9. The molecule has 2 heterocycles. The predicted molar refractivity (Wildman–Crippen MR) is 115 cm³/mol. The highest BCUT2D eigenvalue weighted by Crippen LogP contribution is 2.33. The number of rotatable bonds is 5. The van der Waals surface area contributed by atoms with E-state index in [-0.39, 0.29) is 18.2 Å². The summed E-state index contributed by atoms with van der Waals surface area (Å²) in [6.07, 6.45) is -0.750. The van der Waals surface area contributed by atoms with E-state index >= 15 is 0 Å². The number of pyridine rings is 1. The standard InChI is InChI=1S/C23H26F3N3O3/c1-14-10-18(3-4-20(14)23(24,25)26)28-22(32)29-7-5-17(6-8-29)21-15(2)9-16(12-27-21)11-19(31)13-30/h3-5,9-10,12,19,30-31H,6-8,11,13H2,1-2H3,(H,28,32)/t19-/m1/s1. The summed E-state index contributed by atoms with van der Waals surface area (Å²) in [6, 6.07) is 5.08. The third-order valence-electron chi connectivity index (χ3n) is 5.40. The van der Waals surface area contributed by atoms with Gasteiger partial charge >= 0.3 is 12.2 Å². The van der Waals surface area contributed by atoms with Crippen LogP contribution in [0.1, 0.15) is 34.4 Å². The molecule has 0 spiro atoms. The maximum absolute atomic E-state index is 12.9. The fourth-order valence-corrected chi connectivity index (χ4v) is 3.75. The summed E-state index contributed by atoms with van der Waals surface area (Å²) in [4.78, 5) is 18.6. The molecule has 2 aromatic rings. The van der Waals surface area contributed by atoms with Gasteiger partial charge in [-0.2, -0.15) is 13.2 Å². The molecule has 1 aliphatic heterocycles. The average molecular weight is 449 g/mol. The molecule has 172 valence electrons. The van der Waals surface area contributed by atoms with Gasteiger partial charge in [-0.05, 0) is 60.7 Å². The van der Waals surface area contributed by atoms with Crippen LogP contribution < -0.4 is 5.32 Å². The number of carbonyl (C=O) groups excluding carboxylic acids is 1. The minimum absolute atomic E-state index is 0.0487. The van der Waals surface area contributed by atoms with E-state index in [0.29, 0.717) is 31.6 Å². The number of benzene rings is 1. The monoisotopic (exact) mass is 449 g/mol. The Balaban J connectivity index is 1.64. The van der Waals surface area contributed by atoms with E-state index in [9.17, 15) is 23.1 Å². The van der Waals surface area contributed by atoms with Crippen LogP contribution in [0.5, 0.6) is 0 Å². The van der Waals surface area contributed by atoms with Crippen molar-refractivity contribution in [1.82, 2.24) is 9.88 Å².